The minimum absolute atomic E-state index is 0.312. The molecule has 0 radical (unpaired) electrons. The standard InChI is InChI=1S/C10H10ClF3O/c1-6-3-7(9(11)15-2)5-8(4-6)10(12,13)14/h3-5,9H,1-2H3. The zero-order valence-electron chi connectivity index (χ0n) is 8.23. The van der Waals surface area contributed by atoms with Gasteiger partial charge in [-0.3, -0.25) is 0 Å². The molecule has 1 aromatic rings. The third kappa shape index (κ3) is 3.11. The molecule has 0 fully saturated rings. The maximum atomic E-state index is 12.4. The number of ether oxygens (including phenoxy) is 1. The Hall–Kier alpha value is -0.740. The average molecular weight is 239 g/mol. The van der Waals surface area contributed by atoms with Gasteiger partial charge in [-0.15, -0.1) is 0 Å². The van der Waals surface area contributed by atoms with Gasteiger partial charge in [0.1, 0.15) is 0 Å². The lowest BCUT2D eigenvalue weighted by Gasteiger charge is -2.13. The zero-order chi connectivity index (χ0) is 11.6. The summed E-state index contributed by atoms with van der Waals surface area (Å²) in [5.74, 6) is 0. The van der Waals surface area contributed by atoms with Crippen molar-refractivity contribution < 1.29 is 17.9 Å². The van der Waals surface area contributed by atoms with E-state index in [4.69, 9.17) is 16.3 Å². The van der Waals surface area contributed by atoms with E-state index >= 15 is 0 Å². The second-order valence-corrected chi connectivity index (χ2v) is 3.58. The van der Waals surface area contributed by atoms with E-state index in [1.54, 1.807) is 13.0 Å². The minimum atomic E-state index is -4.36. The van der Waals surface area contributed by atoms with Crippen LogP contribution in [0, 0.1) is 6.92 Å². The second-order valence-electron chi connectivity index (χ2n) is 3.18. The molecule has 0 amide bonds. The summed E-state index contributed by atoms with van der Waals surface area (Å²) in [6, 6.07) is 3.63. The van der Waals surface area contributed by atoms with Crippen LogP contribution in [0.1, 0.15) is 22.3 Å². The van der Waals surface area contributed by atoms with Gasteiger partial charge >= 0.3 is 6.18 Å². The Balaban J connectivity index is 3.17. The van der Waals surface area contributed by atoms with Crippen LogP contribution in [0.3, 0.4) is 0 Å². The van der Waals surface area contributed by atoms with Crippen LogP contribution >= 0.6 is 11.6 Å². The van der Waals surface area contributed by atoms with E-state index in [-0.39, 0.29) is 0 Å². The molecule has 1 aromatic carbocycles. The average Bonchev–Trinajstić information content (AvgIpc) is 2.14. The topological polar surface area (TPSA) is 9.23 Å². The lowest BCUT2D eigenvalue weighted by molar-refractivity contribution is -0.137. The van der Waals surface area contributed by atoms with Crippen LogP contribution in [0.5, 0.6) is 0 Å². The molecule has 0 saturated heterocycles. The van der Waals surface area contributed by atoms with Crippen molar-refractivity contribution in [2.75, 3.05) is 7.11 Å². The Morgan fingerprint density at radius 2 is 1.87 bits per heavy atom. The summed E-state index contributed by atoms with van der Waals surface area (Å²) in [4.78, 5) is 0. The largest absolute Gasteiger partial charge is 0.416 e. The van der Waals surface area contributed by atoms with Gasteiger partial charge in [-0.1, -0.05) is 23.2 Å². The Bertz CT molecular complexity index is 349. The van der Waals surface area contributed by atoms with Gasteiger partial charge < -0.3 is 4.74 Å². The molecule has 0 aromatic heterocycles. The Labute approximate surface area is 90.8 Å². The first-order valence-electron chi connectivity index (χ1n) is 4.20. The summed E-state index contributed by atoms with van der Waals surface area (Å²) in [6.45, 7) is 1.58. The lowest BCUT2D eigenvalue weighted by atomic mass is 10.1. The van der Waals surface area contributed by atoms with Crippen LogP contribution in [0.15, 0.2) is 18.2 Å². The van der Waals surface area contributed by atoms with Gasteiger partial charge in [-0.05, 0) is 24.6 Å². The van der Waals surface area contributed by atoms with Gasteiger partial charge in [0.25, 0.3) is 0 Å². The van der Waals surface area contributed by atoms with Gasteiger partial charge in [-0.25, -0.2) is 0 Å². The van der Waals surface area contributed by atoms with Crippen molar-refractivity contribution in [2.24, 2.45) is 0 Å². The van der Waals surface area contributed by atoms with Crippen molar-refractivity contribution in [2.45, 2.75) is 18.7 Å². The van der Waals surface area contributed by atoms with Crippen LogP contribution in [0.25, 0.3) is 0 Å². The Kier molecular flexibility index (Phi) is 3.62. The van der Waals surface area contributed by atoms with E-state index in [2.05, 4.69) is 0 Å². The molecule has 1 nitrogen and oxygen atoms in total. The third-order valence-corrected chi connectivity index (χ3v) is 2.33. The van der Waals surface area contributed by atoms with Crippen LogP contribution in [0.2, 0.25) is 0 Å². The minimum Gasteiger partial charge on any atom is -0.361 e. The predicted molar refractivity (Wildman–Crippen MR) is 51.8 cm³/mol. The molecule has 1 unspecified atom stereocenters. The molecule has 1 rings (SSSR count). The van der Waals surface area contributed by atoms with Gasteiger partial charge in [-0.2, -0.15) is 13.2 Å². The number of rotatable bonds is 2. The van der Waals surface area contributed by atoms with E-state index in [0.29, 0.717) is 11.1 Å². The number of alkyl halides is 4. The van der Waals surface area contributed by atoms with Crippen LogP contribution in [-0.2, 0) is 10.9 Å². The normalized spacial score (nSPS) is 14.0. The van der Waals surface area contributed by atoms with E-state index < -0.39 is 17.3 Å². The molecule has 0 aliphatic carbocycles. The van der Waals surface area contributed by atoms with E-state index in [1.165, 1.54) is 7.11 Å². The molecule has 0 saturated carbocycles. The maximum Gasteiger partial charge on any atom is 0.416 e. The molecule has 15 heavy (non-hydrogen) atoms. The smallest absolute Gasteiger partial charge is 0.361 e. The molecule has 0 spiro atoms. The number of hydrogen-bond donors (Lipinski definition) is 0. The van der Waals surface area contributed by atoms with Crippen molar-refractivity contribution in [3.8, 4) is 0 Å². The number of benzene rings is 1. The predicted octanol–water partition coefficient (Wildman–Crippen LogP) is 3.90. The number of hydrogen-bond acceptors (Lipinski definition) is 1. The van der Waals surface area contributed by atoms with E-state index in [0.717, 1.165) is 12.1 Å². The van der Waals surface area contributed by atoms with Crippen molar-refractivity contribution >= 4 is 11.6 Å². The molecule has 0 heterocycles. The van der Waals surface area contributed by atoms with Crippen LogP contribution < -0.4 is 0 Å². The van der Waals surface area contributed by atoms with E-state index in [1.807, 2.05) is 0 Å². The fourth-order valence-corrected chi connectivity index (χ4v) is 1.37. The highest BCUT2D eigenvalue weighted by atomic mass is 35.5. The molecule has 84 valence electrons. The summed E-state index contributed by atoms with van der Waals surface area (Å²) in [6.07, 6.45) is -4.36. The quantitative estimate of drug-likeness (QED) is 0.710. The summed E-state index contributed by atoms with van der Waals surface area (Å²) < 4.78 is 42.1. The summed E-state index contributed by atoms with van der Waals surface area (Å²) in [5.41, 5.74) is -0.750. The summed E-state index contributed by atoms with van der Waals surface area (Å²) >= 11 is 5.70. The first-order chi connectivity index (χ1) is 6.84. The highest BCUT2D eigenvalue weighted by Crippen LogP contribution is 2.33. The molecular formula is C10H10ClF3O. The SMILES string of the molecule is COC(Cl)c1cc(C)cc(C(F)(F)F)c1. The molecule has 0 aliphatic rings. The second kappa shape index (κ2) is 4.41. The fraction of sp³-hybridized carbons (Fsp3) is 0.400. The molecule has 1 atom stereocenters. The van der Waals surface area contributed by atoms with Crippen molar-refractivity contribution in [3.05, 3.63) is 34.9 Å². The third-order valence-electron chi connectivity index (χ3n) is 1.90. The first-order valence-corrected chi connectivity index (χ1v) is 4.64. The number of halogens is 4. The van der Waals surface area contributed by atoms with Gasteiger partial charge in [0.2, 0.25) is 0 Å². The summed E-state index contributed by atoms with van der Waals surface area (Å²) in [7, 11) is 1.34. The molecule has 0 aliphatic heterocycles. The lowest BCUT2D eigenvalue weighted by Crippen LogP contribution is -2.07. The molecule has 5 heteroatoms. The van der Waals surface area contributed by atoms with Crippen LogP contribution in [0.4, 0.5) is 13.2 Å². The van der Waals surface area contributed by atoms with Gasteiger partial charge in [0, 0.05) is 7.11 Å². The van der Waals surface area contributed by atoms with Gasteiger partial charge in [0.05, 0.1) is 5.56 Å². The Morgan fingerprint density at radius 3 is 2.33 bits per heavy atom. The molecular weight excluding hydrogens is 229 g/mol. The van der Waals surface area contributed by atoms with Crippen molar-refractivity contribution in [3.63, 3.8) is 0 Å². The zero-order valence-corrected chi connectivity index (χ0v) is 8.99. The highest BCUT2D eigenvalue weighted by Gasteiger charge is 2.31. The van der Waals surface area contributed by atoms with Crippen molar-refractivity contribution in [1.29, 1.82) is 0 Å². The van der Waals surface area contributed by atoms with Crippen molar-refractivity contribution in [1.82, 2.24) is 0 Å². The van der Waals surface area contributed by atoms with Gasteiger partial charge in [0.15, 0.2) is 5.56 Å². The van der Waals surface area contributed by atoms with Crippen LogP contribution in [-0.4, -0.2) is 7.11 Å². The van der Waals surface area contributed by atoms with E-state index in [9.17, 15) is 13.2 Å². The molecule has 0 bridgehead atoms. The highest BCUT2D eigenvalue weighted by molar-refractivity contribution is 6.19. The maximum absolute atomic E-state index is 12.4. The number of aryl methyl sites for hydroxylation is 1. The Morgan fingerprint density at radius 1 is 1.27 bits per heavy atom. The molecule has 0 N–H and O–H groups in total. The number of methoxy groups -OCH3 is 1. The first kappa shape index (κ1) is 12.3. The fourth-order valence-electron chi connectivity index (χ4n) is 1.24. The summed E-state index contributed by atoms with van der Waals surface area (Å²) in [5, 5.41) is 0. The monoisotopic (exact) mass is 238 g/mol.